The second-order valence-electron chi connectivity index (χ2n) is 5.42. The third-order valence-electron chi connectivity index (χ3n) is 3.74. The number of hydrogen-bond acceptors (Lipinski definition) is 3. The molecule has 0 radical (unpaired) electrons. The highest BCUT2D eigenvalue weighted by molar-refractivity contribution is 7.15. The molecule has 22 heavy (non-hydrogen) atoms. The molecule has 2 aromatic rings. The van der Waals surface area contributed by atoms with Crippen LogP contribution in [-0.4, -0.2) is 9.88 Å². The van der Waals surface area contributed by atoms with Crippen molar-refractivity contribution in [1.82, 2.24) is 9.88 Å². The first kappa shape index (κ1) is 16.5. The van der Waals surface area contributed by atoms with E-state index in [2.05, 4.69) is 61.6 Å². The van der Waals surface area contributed by atoms with Gasteiger partial charge >= 0.3 is 0 Å². The number of allylic oxidation sites excluding steroid dienone is 1. The van der Waals surface area contributed by atoms with Crippen LogP contribution in [0.4, 0.5) is 0 Å². The van der Waals surface area contributed by atoms with Crippen LogP contribution in [0, 0.1) is 13.8 Å². The molecule has 0 amide bonds. The Kier molecular flexibility index (Phi) is 5.56. The lowest BCUT2D eigenvalue weighted by Crippen LogP contribution is -2.15. The molecular weight excluding hydrogens is 288 g/mol. The molecule has 2 nitrogen and oxygen atoms in total. The van der Waals surface area contributed by atoms with Crippen LogP contribution >= 0.6 is 11.3 Å². The Morgan fingerprint density at radius 2 is 2.14 bits per heavy atom. The fourth-order valence-electron chi connectivity index (χ4n) is 2.64. The Morgan fingerprint density at radius 1 is 1.36 bits per heavy atom. The molecule has 3 heteroatoms. The first-order valence-corrected chi connectivity index (χ1v) is 8.48. The third kappa shape index (κ3) is 3.47. The number of benzene rings is 1. The van der Waals surface area contributed by atoms with E-state index in [1.165, 1.54) is 21.6 Å². The predicted octanol–water partition coefficient (Wildman–Crippen LogP) is 5.86. The smallest absolute Gasteiger partial charge is 0.123 e. The van der Waals surface area contributed by atoms with Gasteiger partial charge in [-0.1, -0.05) is 43.3 Å². The van der Waals surface area contributed by atoms with Gasteiger partial charge in [0.15, 0.2) is 0 Å². The van der Waals surface area contributed by atoms with Crippen LogP contribution in [0.5, 0.6) is 0 Å². The minimum absolute atomic E-state index is 0.297. The van der Waals surface area contributed by atoms with Gasteiger partial charge in [0.05, 0.1) is 6.04 Å². The van der Waals surface area contributed by atoms with E-state index in [-0.39, 0.29) is 0 Å². The lowest BCUT2D eigenvalue weighted by Gasteiger charge is -2.24. The van der Waals surface area contributed by atoms with E-state index in [1.54, 1.807) is 11.3 Å². The van der Waals surface area contributed by atoms with E-state index in [1.807, 2.05) is 25.4 Å². The summed E-state index contributed by atoms with van der Waals surface area (Å²) < 4.78 is 0. The summed E-state index contributed by atoms with van der Waals surface area (Å²) in [5, 5.41) is 1.09. The predicted molar refractivity (Wildman–Crippen MR) is 96.9 cm³/mol. The van der Waals surface area contributed by atoms with Crippen molar-refractivity contribution >= 4 is 11.3 Å². The number of hydrogen-bond donors (Lipinski definition) is 0. The second kappa shape index (κ2) is 7.41. The van der Waals surface area contributed by atoms with Crippen molar-refractivity contribution in [1.29, 1.82) is 0 Å². The Morgan fingerprint density at radius 3 is 2.73 bits per heavy atom. The zero-order valence-electron chi connectivity index (χ0n) is 13.8. The summed E-state index contributed by atoms with van der Waals surface area (Å²) in [6.07, 6.45) is 9.01. The van der Waals surface area contributed by atoms with Crippen molar-refractivity contribution < 1.29 is 0 Å². The molecule has 0 bridgehead atoms. The SMILES string of the molecule is C=CN(C=CC)C(CC)c1cnc(-c2ccc(C)cc2C)s1. The summed E-state index contributed by atoms with van der Waals surface area (Å²) in [6, 6.07) is 6.83. The Hall–Kier alpha value is -1.87. The number of rotatable bonds is 6. The summed E-state index contributed by atoms with van der Waals surface area (Å²) >= 11 is 1.77. The number of thiazole rings is 1. The van der Waals surface area contributed by atoms with E-state index >= 15 is 0 Å². The molecule has 0 aliphatic carbocycles. The van der Waals surface area contributed by atoms with Crippen molar-refractivity contribution in [3.8, 4) is 10.6 Å². The lowest BCUT2D eigenvalue weighted by molar-refractivity contribution is 0.369. The third-order valence-corrected chi connectivity index (χ3v) is 4.87. The van der Waals surface area contributed by atoms with E-state index in [0.717, 1.165) is 11.4 Å². The summed E-state index contributed by atoms with van der Waals surface area (Å²) in [5.41, 5.74) is 3.80. The van der Waals surface area contributed by atoms with Gasteiger partial charge in [-0.05, 0) is 45.2 Å². The number of aryl methyl sites for hydroxylation is 2. The topological polar surface area (TPSA) is 16.1 Å². The van der Waals surface area contributed by atoms with Crippen LogP contribution in [-0.2, 0) is 0 Å². The normalized spacial score (nSPS) is 12.5. The summed E-state index contributed by atoms with van der Waals surface area (Å²) in [5.74, 6) is 0. The van der Waals surface area contributed by atoms with Crippen LogP contribution in [0.1, 0.15) is 42.3 Å². The van der Waals surface area contributed by atoms with Gasteiger partial charge in [0.25, 0.3) is 0 Å². The fraction of sp³-hybridized carbons (Fsp3) is 0.316. The standard InChI is InChI=1S/C19H24N2S/c1-6-11-21(8-3)17(7-2)18-13-20-19(22-18)16-10-9-14(4)12-15(16)5/h6,8-13,17H,3,7H2,1-2,4-5H3. The fourth-order valence-corrected chi connectivity index (χ4v) is 3.84. The van der Waals surface area contributed by atoms with Gasteiger partial charge in [-0.2, -0.15) is 0 Å². The molecule has 1 aromatic heterocycles. The molecule has 0 aliphatic rings. The minimum atomic E-state index is 0.297. The zero-order valence-corrected chi connectivity index (χ0v) is 14.7. The van der Waals surface area contributed by atoms with Gasteiger partial charge in [0.2, 0.25) is 0 Å². The zero-order chi connectivity index (χ0) is 16.1. The molecule has 1 atom stereocenters. The maximum atomic E-state index is 4.66. The van der Waals surface area contributed by atoms with Gasteiger partial charge in [-0.25, -0.2) is 4.98 Å². The molecule has 1 unspecified atom stereocenters. The molecule has 2 rings (SSSR count). The molecule has 0 saturated heterocycles. The Labute approximate surface area is 137 Å². The van der Waals surface area contributed by atoms with E-state index < -0.39 is 0 Å². The molecule has 0 fully saturated rings. The molecule has 0 aliphatic heterocycles. The highest BCUT2D eigenvalue weighted by Gasteiger charge is 2.18. The monoisotopic (exact) mass is 312 g/mol. The van der Waals surface area contributed by atoms with Crippen molar-refractivity contribution in [2.24, 2.45) is 0 Å². The molecule has 0 N–H and O–H groups in total. The molecular formula is C19H24N2S. The van der Waals surface area contributed by atoms with Gasteiger partial charge < -0.3 is 4.90 Å². The Balaban J connectivity index is 2.35. The summed E-state index contributed by atoms with van der Waals surface area (Å²) in [7, 11) is 0. The van der Waals surface area contributed by atoms with Gasteiger partial charge in [-0.3, -0.25) is 0 Å². The van der Waals surface area contributed by atoms with E-state index in [4.69, 9.17) is 0 Å². The second-order valence-corrected chi connectivity index (χ2v) is 6.48. The van der Waals surface area contributed by atoms with Crippen LogP contribution < -0.4 is 0 Å². The molecule has 116 valence electrons. The molecule has 1 heterocycles. The lowest BCUT2D eigenvalue weighted by atomic mass is 10.1. The van der Waals surface area contributed by atoms with Crippen molar-refractivity contribution in [2.75, 3.05) is 0 Å². The Bertz CT molecular complexity index is 670. The van der Waals surface area contributed by atoms with Crippen molar-refractivity contribution in [3.05, 3.63) is 65.5 Å². The highest BCUT2D eigenvalue weighted by atomic mass is 32.1. The summed E-state index contributed by atoms with van der Waals surface area (Å²) in [4.78, 5) is 8.08. The largest absolute Gasteiger partial charge is 0.347 e. The van der Waals surface area contributed by atoms with Gasteiger partial charge in [0, 0.05) is 16.6 Å². The first-order chi connectivity index (χ1) is 10.6. The van der Waals surface area contributed by atoms with Crippen LogP contribution in [0.15, 0.2) is 49.5 Å². The minimum Gasteiger partial charge on any atom is -0.347 e. The first-order valence-electron chi connectivity index (χ1n) is 7.66. The molecule has 0 spiro atoms. The summed E-state index contributed by atoms with van der Waals surface area (Å²) in [6.45, 7) is 12.4. The quantitative estimate of drug-likeness (QED) is 0.664. The molecule has 1 aromatic carbocycles. The number of nitrogens with zero attached hydrogens (tertiary/aromatic N) is 2. The van der Waals surface area contributed by atoms with Crippen LogP contribution in [0.2, 0.25) is 0 Å². The van der Waals surface area contributed by atoms with Gasteiger partial charge in [-0.15, -0.1) is 11.3 Å². The van der Waals surface area contributed by atoms with Crippen LogP contribution in [0.3, 0.4) is 0 Å². The van der Waals surface area contributed by atoms with Crippen LogP contribution in [0.25, 0.3) is 10.6 Å². The maximum Gasteiger partial charge on any atom is 0.123 e. The average molecular weight is 312 g/mol. The average Bonchev–Trinajstić information content (AvgIpc) is 2.96. The highest BCUT2D eigenvalue weighted by Crippen LogP contribution is 2.35. The molecule has 0 saturated carbocycles. The van der Waals surface area contributed by atoms with Crippen molar-refractivity contribution in [2.45, 2.75) is 40.2 Å². The van der Waals surface area contributed by atoms with Gasteiger partial charge in [0.1, 0.15) is 5.01 Å². The van der Waals surface area contributed by atoms with E-state index in [0.29, 0.717) is 6.04 Å². The number of aromatic nitrogens is 1. The maximum absolute atomic E-state index is 4.66. The van der Waals surface area contributed by atoms with E-state index in [9.17, 15) is 0 Å². The van der Waals surface area contributed by atoms with Crippen molar-refractivity contribution in [3.63, 3.8) is 0 Å².